The molecule has 1 spiro atoms. The summed E-state index contributed by atoms with van der Waals surface area (Å²) >= 11 is 8.17. The third-order valence-electron chi connectivity index (χ3n) is 5.03. The van der Waals surface area contributed by atoms with Gasteiger partial charge in [-0.2, -0.15) is 0 Å². The molecular formula is C20H11AlI4O5. The van der Waals surface area contributed by atoms with E-state index in [2.05, 4.69) is 45.2 Å². The Labute approximate surface area is 236 Å². The molecule has 0 unspecified atom stereocenters. The minimum atomic E-state index is -1.22. The van der Waals surface area contributed by atoms with Gasteiger partial charge in [0.2, 0.25) is 0 Å². The molecule has 2 aliphatic rings. The second kappa shape index (κ2) is 8.08. The van der Waals surface area contributed by atoms with E-state index in [1.165, 1.54) is 0 Å². The first kappa shape index (κ1) is 23.2. The van der Waals surface area contributed by atoms with Gasteiger partial charge in [-0.1, -0.05) is 18.2 Å². The quantitative estimate of drug-likeness (QED) is 0.191. The zero-order valence-corrected chi connectivity index (χ0v) is 22.7. The highest BCUT2D eigenvalue weighted by molar-refractivity contribution is 14.1. The first-order chi connectivity index (χ1) is 13.8. The molecule has 30 heavy (non-hydrogen) atoms. The van der Waals surface area contributed by atoms with Crippen LogP contribution in [0.1, 0.15) is 27.0 Å². The zero-order valence-electron chi connectivity index (χ0n) is 14.1. The molecule has 2 heterocycles. The standard InChI is InChI=1S/C20H8I4O5.Al.3H/c21-11-5-9-17(13(23)15(11)25)28-18-10(6-12(22)16(26)14(18)24)20(9)8-4-2-1-3-7(8)19(27)29-20;;;;/h1-6,25-26H;;;;. The summed E-state index contributed by atoms with van der Waals surface area (Å²) in [5.74, 6) is 0.616. The summed E-state index contributed by atoms with van der Waals surface area (Å²) in [7, 11) is 0. The Morgan fingerprint density at radius 3 is 1.83 bits per heavy atom. The Morgan fingerprint density at radius 1 is 0.800 bits per heavy atom. The molecule has 0 atom stereocenters. The van der Waals surface area contributed by atoms with E-state index in [1.54, 1.807) is 24.3 Å². The second-order valence-corrected chi connectivity index (χ2v) is 11.0. The number of hydrogen-bond donors (Lipinski definition) is 2. The number of fused-ring (bicyclic) bond motifs is 6. The van der Waals surface area contributed by atoms with Gasteiger partial charge in [0.05, 0.1) is 31.0 Å². The van der Waals surface area contributed by atoms with E-state index in [9.17, 15) is 15.0 Å². The molecule has 0 saturated carbocycles. The summed E-state index contributed by atoms with van der Waals surface area (Å²) in [5, 5.41) is 21.0. The Balaban J connectivity index is 0.00000218. The van der Waals surface area contributed by atoms with Crippen LogP contribution in [0.15, 0.2) is 36.4 Å². The lowest BCUT2D eigenvalue weighted by atomic mass is 9.77. The average Bonchev–Trinajstić information content (AvgIpc) is 3.00. The topological polar surface area (TPSA) is 76.0 Å². The molecule has 2 N–H and O–H groups in total. The fourth-order valence-corrected chi connectivity index (χ4v) is 7.35. The van der Waals surface area contributed by atoms with Crippen LogP contribution in [0, 0.1) is 14.3 Å². The van der Waals surface area contributed by atoms with Gasteiger partial charge in [-0.25, -0.2) is 4.79 Å². The number of carbonyl (C=O) groups excluding carboxylic acids is 1. The molecule has 0 saturated heterocycles. The minimum absolute atomic E-state index is 0. The van der Waals surface area contributed by atoms with Crippen LogP contribution in [0.4, 0.5) is 0 Å². The number of rotatable bonds is 0. The van der Waals surface area contributed by atoms with Crippen molar-refractivity contribution in [3.8, 4) is 23.0 Å². The van der Waals surface area contributed by atoms with E-state index in [4.69, 9.17) is 9.47 Å². The third kappa shape index (κ3) is 3.03. The van der Waals surface area contributed by atoms with E-state index >= 15 is 0 Å². The first-order valence-electron chi connectivity index (χ1n) is 8.21. The highest BCUT2D eigenvalue weighted by atomic mass is 127. The van der Waals surface area contributed by atoms with E-state index in [0.717, 1.165) is 0 Å². The summed E-state index contributed by atoms with van der Waals surface area (Å²) in [6.07, 6.45) is 0. The molecule has 2 aliphatic heterocycles. The van der Waals surface area contributed by atoms with Crippen molar-refractivity contribution in [2.45, 2.75) is 5.60 Å². The first-order valence-corrected chi connectivity index (χ1v) is 12.5. The lowest BCUT2D eigenvalue weighted by Crippen LogP contribution is -2.34. The number of carbonyl (C=O) groups is 1. The maximum Gasteiger partial charge on any atom is 0.340 e. The van der Waals surface area contributed by atoms with Gasteiger partial charge in [0, 0.05) is 5.56 Å². The van der Waals surface area contributed by atoms with Crippen molar-refractivity contribution in [2.24, 2.45) is 0 Å². The largest absolute Gasteiger partial charge is 0.506 e. The molecule has 0 amide bonds. The van der Waals surface area contributed by atoms with Crippen LogP contribution in [-0.2, 0) is 10.3 Å². The highest BCUT2D eigenvalue weighted by Gasteiger charge is 2.55. The Hall–Kier alpha value is -0.0175. The SMILES string of the molecule is O=C1OC2(c3ccccc31)c1cc(I)c(O)c(I)c1Oc1c2cc(I)c(O)c1I.[AlH3]. The lowest BCUT2D eigenvalue weighted by molar-refractivity contribution is 0.0222. The Morgan fingerprint density at radius 2 is 1.30 bits per heavy atom. The molecule has 0 fully saturated rings. The van der Waals surface area contributed by atoms with Gasteiger partial charge in [-0.05, 0) is 109 Å². The summed E-state index contributed by atoms with van der Waals surface area (Å²) in [6.45, 7) is 0. The molecule has 0 bridgehead atoms. The van der Waals surface area contributed by atoms with E-state index in [1.807, 2.05) is 57.3 Å². The lowest BCUT2D eigenvalue weighted by Gasteiger charge is -2.37. The number of halogens is 4. The van der Waals surface area contributed by atoms with Gasteiger partial charge in [0.1, 0.15) is 11.5 Å². The van der Waals surface area contributed by atoms with Crippen molar-refractivity contribution in [1.82, 2.24) is 0 Å². The van der Waals surface area contributed by atoms with Crippen LogP contribution in [0.3, 0.4) is 0 Å². The van der Waals surface area contributed by atoms with Crippen LogP contribution in [0.2, 0.25) is 0 Å². The van der Waals surface area contributed by atoms with Gasteiger partial charge >= 0.3 is 5.97 Å². The van der Waals surface area contributed by atoms with Crippen molar-refractivity contribution in [3.05, 3.63) is 72.9 Å². The molecule has 3 aromatic carbocycles. The van der Waals surface area contributed by atoms with Crippen molar-refractivity contribution in [3.63, 3.8) is 0 Å². The maximum atomic E-state index is 12.9. The predicted molar refractivity (Wildman–Crippen MR) is 149 cm³/mol. The number of aromatic hydroxyl groups is 2. The average molecular weight is 866 g/mol. The van der Waals surface area contributed by atoms with Crippen LogP contribution < -0.4 is 4.74 Å². The smallest absolute Gasteiger partial charge is 0.340 e. The van der Waals surface area contributed by atoms with Crippen LogP contribution in [-0.4, -0.2) is 33.5 Å². The van der Waals surface area contributed by atoms with E-state index in [-0.39, 0.29) is 28.9 Å². The fourth-order valence-electron chi connectivity index (χ4n) is 3.77. The molecule has 5 rings (SSSR count). The molecule has 0 aromatic heterocycles. The molecular weight excluding hydrogens is 855 g/mol. The Kier molecular flexibility index (Phi) is 6.24. The number of hydrogen-bond acceptors (Lipinski definition) is 5. The number of phenols is 2. The number of ether oxygens (including phenoxy) is 2. The van der Waals surface area contributed by atoms with Gasteiger partial charge in [0.15, 0.2) is 34.5 Å². The minimum Gasteiger partial charge on any atom is -0.506 e. The van der Waals surface area contributed by atoms with E-state index < -0.39 is 11.6 Å². The van der Waals surface area contributed by atoms with E-state index in [0.29, 0.717) is 48.0 Å². The van der Waals surface area contributed by atoms with Crippen LogP contribution >= 0.6 is 90.4 Å². The third-order valence-corrected chi connectivity index (χ3v) is 8.68. The van der Waals surface area contributed by atoms with Gasteiger partial charge in [0.25, 0.3) is 0 Å². The van der Waals surface area contributed by atoms with Crippen molar-refractivity contribution in [2.75, 3.05) is 0 Å². The zero-order chi connectivity index (χ0) is 20.7. The molecule has 10 heteroatoms. The summed E-state index contributed by atoms with van der Waals surface area (Å²) in [6, 6.07) is 10.9. The molecule has 0 radical (unpaired) electrons. The summed E-state index contributed by atoms with van der Waals surface area (Å²) in [5.41, 5.74) is 1.27. The molecule has 152 valence electrons. The number of benzene rings is 3. The Bertz CT molecular complexity index is 1200. The van der Waals surface area contributed by atoms with Crippen molar-refractivity contribution >= 4 is 114 Å². The normalized spacial score (nSPS) is 14.9. The second-order valence-electron chi connectivity index (χ2n) is 6.51. The number of phenolic OH excluding ortho intramolecular Hbond substituents is 2. The maximum absolute atomic E-state index is 12.9. The van der Waals surface area contributed by atoms with Gasteiger partial charge in [-0.3, -0.25) is 0 Å². The highest BCUT2D eigenvalue weighted by Crippen LogP contribution is 2.60. The summed E-state index contributed by atoms with van der Waals surface area (Å²) < 4.78 is 14.6. The molecule has 5 nitrogen and oxygen atoms in total. The predicted octanol–water partition coefficient (Wildman–Crippen LogP) is 4.90. The van der Waals surface area contributed by atoms with Gasteiger partial charge < -0.3 is 19.7 Å². The van der Waals surface area contributed by atoms with Crippen molar-refractivity contribution in [1.29, 1.82) is 0 Å². The monoisotopic (exact) mass is 866 g/mol. The number of esters is 1. The van der Waals surface area contributed by atoms with Crippen LogP contribution in [0.25, 0.3) is 0 Å². The summed E-state index contributed by atoms with van der Waals surface area (Å²) in [4.78, 5) is 12.9. The fraction of sp³-hybridized carbons (Fsp3) is 0.0500. The van der Waals surface area contributed by atoms with Crippen molar-refractivity contribution < 1.29 is 24.5 Å². The van der Waals surface area contributed by atoms with Crippen LogP contribution in [0.5, 0.6) is 23.0 Å². The molecule has 0 aliphatic carbocycles. The van der Waals surface area contributed by atoms with Gasteiger partial charge in [-0.15, -0.1) is 0 Å². The molecule has 3 aromatic rings.